The highest BCUT2D eigenvalue weighted by Crippen LogP contribution is 1.94. The number of carbonyl (C=O) groups excluding carboxylic acids is 1. The number of amides is 1. The van der Waals surface area contributed by atoms with Crippen LogP contribution in [0.15, 0.2) is 5.16 Å². The minimum atomic E-state index is -0.116. The first-order valence-corrected chi connectivity index (χ1v) is 5.46. The van der Waals surface area contributed by atoms with Crippen LogP contribution in [0.5, 0.6) is 0 Å². The molecule has 0 aliphatic rings. The fourth-order valence-electron chi connectivity index (χ4n) is 1.15. The van der Waals surface area contributed by atoms with E-state index in [-0.39, 0.29) is 18.3 Å². The summed E-state index contributed by atoms with van der Waals surface area (Å²) in [5.41, 5.74) is 5.33. The van der Waals surface area contributed by atoms with Crippen LogP contribution in [0.3, 0.4) is 0 Å². The Morgan fingerprint density at radius 2 is 2.18 bits per heavy atom. The fourth-order valence-corrected chi connectivity index (χ4v) is 1.15. The van der Waals surface area contributed by atoms with Gasteiger partial charge in [-0.1, -0.05) is 5.16 Å². The molecule has 0 saturated heterocycles. The Bertz CT molecular complexity index is 246. The van der Waals surface area contributed by atoms with Gasteiger partial charge in [0.1, 0.15) is 12.4 Å². The number of nitrogens with zero attached hydrogens (tertiary/aromatic N) is 2. The molecule has 0 saturated carbocycles. The number of rotatable bonds is 9. The van der Waals surface area contributed by atoms with Crippen LogP contribution in [-0.2, 0) is 14.3 Å². The molecule has 3 N–H and O–H groups in total. The highest BCUT2D eigenvalue weighted by Gasteiger charge is 2.11. The zero-order chi connectivity index (χ0) is 13.1. The van der Waals surface area contributed by atoms with Gasteiger partial charge in [0, 0.05) is 26.6 Å². The second kappa shape index (κ2) is 9.86. The first kappa shape index (κ1) is 15.7. The van der Waals surface area contributed by atoms with E-state index in [1.807, 2.05) is 6.92 Å². The third-order valence-corrected chi connectivity index (χ3v) is 2.16. The quantitative estimate of drug-likeness (QED) is 0.190. The molecule has 0 aliphatic heterocycles. The zero-order valence-corrected chi connectivity index (χ0v) is 10.4. The molecular weight excluding hydrogens is 226 g/mol. The smallest absolute Gasteiger partial charge is 0.248 e. The van der Waals surface area contributed by atoms with Gasteiger partial charge in [0.15, 0.2) is 0 Å². The summed E-state index contributed by atoms with van der Waals surface area (Å²) in [6.07, 6.45) is 0.341. The van der Waals surface area contributed by atoms with Crippen molar-refractivity contribution in [2.24, 2.45) is 10.9 Å². The lowest BCUT2D eigenvalue weighted by Crippen LogP contribution is -2.36. The van der Waals surface area contributed by atoms with Gasteiger partial charge in [-0.15, -0.1) is 0 Å². The molecule has 0 aromatic rings. The van der Waals surface area contributed by atoms with E-state index in [2.05, 4.69) is 5.16 Å². The van der Waals surface area contributed by atoms with Crippen LogP contribution in [0.4, 0.5) is 0 Å². The summed E-state index contributed by atoms with van der Waals surface area (Å²) in [5, 5.41) is 11.2. The highest BCUT2D eigenvalue weighted by molar-refractivity contribution is 5.81. The molecule has 7 heteroatoms. The number of amidine groups is 1. The molecule has 17 heavy (non-hydrogen) atoms. The van der Waals surface area contributed by atoms with Gasteiger partial charge in [0.05, 0.1) is 13.2 Å². The maximum atomic E-state index is 11.7. The SMILES string of the molecule is CCN(CCC(N)=NO)C(=O)COCCOC. The number of carbonyl (C=O) groups is 1. The minimum Gasteiger partial charge on any atom is -0.409 e. The van der Waals surface area contributed by atoms with Crippen molar-refractivity contribution in [3.05, 3.63) is 0 Å². The van der Waals surface area contributed by atoms with Crippen LogP contribution in [-0.4, -0.2) is 61.9 Å². The number of hydrogen-bond acceptors (Lipinski definition) is 5. The predicted molar refractivity (Wildman–Crippen MR) is 63.0 cm³/mol. The number of ether oxygens (including phenoxy) is 2. The molecule has 0 bridgehead atoms. The molecule has 100 valence electrons. The maximum absolute atomic E-state index is 11.7. The van der Waals surface area contributed by atoms with Crippen molar-refractivity contribution in [1.82, 2.24) is 4.90 Å². The van der Waals surface area contributed by atoms with Gasteiger partial charge in [-0.05, 0) is 6.92 Å². The number of likely N-dealkylation sites (N-methyl/N-ethyl adjacent to an activating group) is 1. The lowest BCUT2D eigenvalue weighted by molar-refractivity contribution is -0.136. The van der Waals surface area contributed by atoms with Crippen molar-refractivity contribution in [1.29, 1.82) is 0 Å². The average molecular weight is 247 g/mol. The van der Waals surface area contributed by atoms with Crippen molar-refractivity contribution < 1.29 is 19.5 Å². The summed E-state index contributed by atoms with van der Waals surface area (Å²) in [5.74, 6) is -0.00843. The lowest BCUT2D eigenvalue weighted by Gasteiger charge is -2.20. The van der Waals surface area contributed by atoms with Crippen molar-refractivity contribution >= 4 is 11.7 Å². The Kier molecular flexibility index (Phi) is 9.08. The third-order valence-electron chi connectivity index (χ3n) is 2.16. The van der Waals surface area contributed by atoms with E-state index >= 15 is 0 Å². The molecule has 0 heterocycles. The van der Waals surface area contributed by atoms with E-state index in [0.29, 0.717) is 32.7 Å². The lowest BCUT2D eigenvalue weighted by atomic mass is 10.3. The highest BCUT2D eigenvalue weighted by atomic mass is 16.5. The molecule has 0 aromatic carbocycles. The summed E-state index contributed by atoms with van der Waals surface area (Å²) in [7, 11) is 1.57. The number of nitrogens with two attached hydrogens (primary N) is 1. The molecule has 0 aromatic heterocycles. The van der Waals surface area contributed by atoms with E-state index in [4.69, 9.17) is 20.4 Å². The zero-order valence-electron chi connectivity index (χ0n) is 10.4. The Morgan fingerprint density at radius 1 is 1.47 bits per heavy atom. The second-order valence-electron chi connectivity index (χ2n) is 3.36. The van der Waals surface area contributed by atoms with Gasteiger partial charge in [0.25, 0.3) is 0 Å². The van der Waals surface area contributed by atoms with E-state index in [0.717, 1.165) is 0 Å². The summed E-state index contributed by atoms with van der Waals surface area (Å²) in [6.45, 7) is 3.71. The molecule has 0 rings (SSSR count). The normalized spacial score (nSPS) is 11.5. The molecule has 1 amide bonds. The fraction of sp³-hybridized carbons (Fsp3) is 0.800. The molecule has 0 aliphatic carbocycles. The predicted octanol–water partition coefficient (Wildman–Crippen LogP) is -0.366. The van der Waals surface area contributed by atoms with Crippen LogP contribution < -0.4 is 5.73 Å². The largest absolute Gasteiger partial charge is 0.409 e. The standard InChI is InChI=1S/C10H21N3O4/c1-3-13(5-4-9(11)12-15)10(14)8-17-7-6-16-2/h15H,3-8H2,1-2H3,(H2,11,12). The third kappa shape index (κ3) is 7.53. The van der Waals surface area contributed by atoms with Crippen LogP contribution in [0.25, 0.3) is 0 Å². The molecule has 0 radical (unpaired) electrons. The van der Waals surface area contributed by atoms with Crippen LogP contribution in [0, 0.1) is 0 Å². The van der Waals surface area contributed by atoms with Crippen molar-refractivity contribution in [3.8, 4) is 0 Å². The first-order chi connectivity index (χ1) is 8.15. The van der Waals surface area contributed by atoms with E-state index in [1.54, 1.807) is 12.0 Å². The van der Waals surface area contributed by atoms with E-state index in [1.165, 1.54) is 0 Å². The number of hydrogen-bond donors (Lipinski definition) is 2. The summed E-state index contributed by atoms with van der Waals surface area (Å²) in [6, 6.07) is 0. The van der Waals surface area contributed by atoms with E-state index < -0.39 is 0 Å². The topological polar surface area (TPSA) is 97.4 Å². The van der Waals surface area contributed by atoms with Crippen LogP contribution in [0.1, 0.15) is 13.3 Å². The molecule has 0 atom stereocenters. The van der Waals surface area contributed by atoms with Crippen LogP contribution in [0.2, 0.25) is 0 Å². The summed E-state index contributed by atoms with van der Waals surface area (Å²) in [4.78, 5) is 13.2. The van der Waals surface area contributed by atoms with Gasteiger partial charge in [-0.2, -0.15) is 0 Å². The van der Waals surface area contributed by atoms with Crippen LogP contribution >= 0.6 is 0 Å². The van der Waals surface area contributed by atoms with Gasteiger partial charge < -0.3 is 25.3 Å². The van der Waals surface area contributed by atoms with Crippen molar-refractivity contribution in [2.75, 3.05) is 40.0 Å². The molecular formula is C10H21N3O4. The molecule has 0 fully saturated rings. The number of methoxy groups -OCH3 is 1. The average Bonchev–Trinajstić information content (AvgIpc) is 2.35. The Morgan fingerprint density at radius 3 is 2.71 bits per heavy atom. The van der Waals surface area contributed by atoms with E-state index in [9.17, 15) is 4.79 Å². The second-order valence-corrected chi connectivity index (χ2v) is 3.36. The molecule has 0 unspecified atom stereocenters. The van der Waals surface area contributed by atoms with Gasteiger partial charge in [0.2, 0.25) is 5.91 Å². The molecule has 7 nitrogen and oxygen atoms in total. The summed E-state index contributed by atoms with van der Waals surface area (Å²) < 4.78 is 9.92. The van der Waals surface area contributed by atoms with Crippen molar-refractivity contribution in [3.63, 3.8) is 0 Å². The maximum Gasteiger partial charge on any atom is 0.248 e. The Hall–Kier alpha value is -1.34. The first-order valence-electron chi connectivity index (χ1n) is 5.46. The summed E-state index contributed by atoms with van der Waals surface area (Å²) >= 11 is 0. The van der Waals surface area contributed by atoms with Gasteiger partial charge in [-0.3, -0.25) is 4.79 Å². The monoisotopic (exact) mass is 247 g/mol. The van der Waals surface area contributed by atoms with Gasteiger partial charge in [-0.25, -0.2) is 0 Å². The van der Waals surface area contributed by atoms with Gasteiger partial charge >= 0.3 is 0 Å². The van der Waals surface area contributed by atoms with Crippen molar-refractivity contribution in [2.45, 2.75) is 13.3 Å². The Balaban J connectivity index is 3.87. The molecule has 0 spiro atoms. The number of oxime groups is 1. The minimum absolute atomic E-state index is 0.0212. The Labute approximate surface area is 101 Å².